The highest BCUT2D eigenvalue weighted by Gasteiger charge is 2.30. The Hall–Kier alpha value is -2.62. The van der Waals surface area contributed by atoms with E-state index in [1.807, 2.05) is 18.2 Å². The molecular weight excluding hydrogens is 370 g/mol. The molecule has 0 spiro atoms. The molecule has 0 unspecified atom stereocenters. The van der Waals surface area contributed by atoms with Crippen molar-refractivity contribution in [2.45, 2.75) is 12.0 Å². The zero-order valence-corrected chi connectivity index (χ0v) is 15.5. The standard InChI is InChI=1S/C18H19N3O5S/c1-12-11-13-3-2-4-14(19)17(13)21(12)18(22)15-5-6-16(26-15)27(23,24)20-7-9-25-10-8-20/h2-6,11H,7-10,19H2,1H3. The fourth-order valence-electron chi connectivity index (χ4n) is 3.28. The van der Waals surface area contributed by atoms with Gasteiger partial charge in [-0.1, -0.05) is 12.1 Å². The number of fused-ring (bicyclic) bond motifs is 1. The molecule has 0 atom stereocenters. The molecule has 9 heteroatoms. The number of morpholine rings is 1. The molecule has 0 radical (unpaired) electrons. The quantitative estimate of drug-likeness (QED) is 0.685. The molecule has 4 rings (SSSR count). The Morgan fingerprint density at radius 1 is 1.15 bits per heavy atom. The predicted octanol–water partition coefficient (Wildman–Crippen LogP) is 1.83. The van der Waals surface area contributed by atoms with Gasteiger partial charge in [-0.25, -0.2) is 8.42 Å². The lowest BCUT2D eigenvalue weighted by Crippen LogP contribution is -2.40. The monoisotopic (exact) mass is 389 g/mol. The van der Waals surface area contributed by atoms with Crippen LogP contribution in [0.25, 0.3) is 10.9 Å². The topological polar surface area (TPSA) is 108 Å². The largest absolute Gasteiger partial charge is 0.438 e. The van der Waals surface area contributed by atoms with Crippen LogP contribution < -0.4 is 5.73 Å². The lowest BCUT2D eigenvalue weighted by Gasteiger charge is -2.24. The maximum atomic E-state index is 13.0. The van der Waals surface area contributed by atoms with Crippen molar-refractivity contribution in [1.82, 2.24) is 8.87 Å². The first-order chi connectivity index (χ1) is 12.9. The van der Waals surface area contributed by atoms with Crippen molar-refractivity contribution in [3.63, 3.8) is 0 Å². The number of sulfonamides is 1. The van der Waals surface area contributed by atoms with E-state index in [0.29, 0.717) is 30.1 Å². The summed E-state index contributed by atoms with van der Waals surface area (Å²) < 4.78 is 38.7. The predicted molar refractivity (Wildman–Crippen MR) is 99.1 cm³/mol. The van der Waals surface area contributed by atoms with E-state index in [4.69, 9.17) is 14.9 Å². The number of benzene rings is 1. The van der Waals surface area contributed by atoms with Gasteiger partial charge in [-0.3, -0.25) is 9.36 Å². The van der Waals surface area contributed by atoms with Crippen LogP contribution in [0, 0.1) is 6.92 Å². The van der Waals surface area contributed by atoms with Crippen LogP contribution in [0.2, 0.25) is 0 Å². The number of para-hydroxylation sites is 1. The van der Waals surface area contributed by atoms with E-state index in [0.717, 1.165) is 5.39 Å². The van der Waals surface area contributed by atoms with E-state index in [1.54, 1.807) is 13.0 Å². The molecule has 142 valence electrons. The van der Waals surface area contributed by atoms with Gasteiger partial charge in [0.05, 0.1) is 24.4 Å². The number of anilines is 1. The number of furan rings is 1. The zero-order chi connectivity index (χ0) is 19.2. The molecule has 3 aromatic rings. The number of carbonyl (C=O) groups excluding carboxylic acids is 1. The van der Waals surface area contributed by atoms with Gasteiger partial charge < -0.3 is 14.9 Å². The van der Waals surface area contributed by atoms with Crippen molar-refractivity contribution in [3.8, 4) is 0 Å². The third-order valence-corrected chi connectivity index (χ3v) is 6.37. The number of aromatic nitrogens is 1. The molecule has 1 fully saturated rings. The van der Waals surface area contributed by atoms with Gasteiger partial charge in [-0.05, 0) is 31.2 Å². The molecular formula is C18H19N3O5S. The van der Waals surface area contributed by atoms with E-state index in [9.17, 15) is 13.2 Å². The Morgan fingerprint density at radius 2 is 1.89 bits per heavy atom. The second-order valence-corrected chi connectivity index (χ2v) is 8.22. The minimum absolute atomic E-state index is 0.0642. The smallest absolute Gasteiger partial charge is 0.298 e. The van der Waals surface area contributed by atoms with Gasteiger partial charge in [0.1, 0.15) is 0 Å². The molecule has 27 heavy (non-hydrogen) atoms. The van der Waals surface area contributed by atoms with E-state index < -0.39 is 15.9 Å². The van der Waals surface area contributed by atoms with Crippen molar-refractivity contribution in [2.75, 3.05) is 32.0 Å². The van der Waals surface area contributed by atoms with Crippen LogP contribution in [-0.2, 0) is 14.8 Å². The van der Waals surface area contributed by atoms with Crippen molar-refractivity contribution >= 4 is 32.5 Å². The first-order valence-corrected chi connectivity index (χ1v) is 9.92. The minimum atomic E-state index is -3.80. The molecule has 0 bridgehead atoms. The molecule has 0 aliphatic carbocycles. The van der Waals surface area contributed by atoms with E-state index in [2.05, 4.69) is 0 Å². The Labute approximate surface area is 156 Å². The van der Waals surface area contributed by atoms with Crippen molar-refractivity contribution in [3.05, 3.63) is 47.9 Å². The Balaban J connectivity index is 1.72. The SMILES string of the molecule is Cc1cc2cccc(N)c2n1C(=O)c1ccc(S(=O)(=O)N2CCOCC2)o1. The molecule has 2 aromatic heterocycles. The zero-order valence-electron chi connectivity index (χ0n) is 14.7. The molecule has 8 nitrogen and oxygen atoms in total. The Kier molecular flexibility index (Phi) is 4.29. The second kappa shape index (κ2) is 6.52. The van der Waals surface area contributed by atoms with Gasteiger partial charge in [0.15, 0.2) is 5.76 Å². The fraction of sp³-hybridized carbons (Fsp3) is 0.278. The third kappa shape index (κ3) is 2.93. The maximum Gasteiger partial charge on any atom is 0.298 e. The van der Waals surface area contributed by atoms with Crippen LogP contribution in [0.1, 0.15) is 16.2 Å². The molecule has 1 aliphatic rings. The summed E-state index contributed by atoms with van der Waals surface area (Å²) in [7, 11) is -3.80. The van der Waals surface area contributed by atoms with Crippen LogP contribution >= 0.6 is 0 Å². The summed E-state index contributed by atoms with van der Waals surface area (Å²) in [5.74, 6) is -0.533. The number of hydrogen-bond donors (Lipinski definition) is 1. The summed E-state index contributed by atoms with van der Waals surface area (Å²) in [6, 6.07) is 9.91. The summed E-state index contributed by atoms with van der Waals surface area (Å²) in [4.78, 5) is 13.0. The van der Waals surface area contributed by atoms with E-state index >= 15 is 0 Å². The Bertz CT molecular complexity index is 1120. The maximum absolute atomic E-state index is 13.0. The van der Waals surface area contributed by atoms with Gasteiger partial charge in [-0.2, -0.15) is 4.31 Å². The van der Waals surface area contributed by atoms with Crippen LogP contribution in [0.15, 0.2) is 45.9 Å². The summed E-state index contributed by atoms with van der Waals surface area (Å²) >= 11 is 0. The molecule has 3 heterocycles. The Morgan fingerprint density at radius 3 is 2.63 bits per heavy atom. The summed E-state index contributed by atoms with van der Waals surface area (Å²) in [6.07, 6.45) is 0. The minimum Gasteiger partial charge on any atom is -0.438 e. The summed E-state index contributed by atoms with van der Waals surface area (Å²) in [5.41, 5.74) is 7.76. The van der Waals surface area contributed by atoms with Crippen LogP contribution in [0.5, 0.6) is 0 Å². The molecule has 1 saturated heterocycles. The number of ether oxygens (including phenoxy) is 1. The highest BCUT2D eigenvalue weighted by Crippen LogP contribution is 2.27. The number of carbonyl (C=O) groups is 1. The van der Waals surface area contributed by atoms with E-state index in [-0.39, 0.29) is 23.9 Å². The van der Waals surface area contributed by atoms with E-state index in [1.165, 1.54) is 21.0 Å². The van der Waals surface area contributed by atoms with Gasteiger partial charge in [0, 0.05) is 24.2 Å². The van der Waals surface area contributed by atoms with Crippen LogP contribution in [0.4, 0.5) is 5.69 Å². The number of hydrogen-bond acceptors (Lipinski definition) is 6. The third-order valence-electron chi connectivity index (χ3n) is 4.60. The fourth-order valence-corrected chi connectivity index (χ4v) is 4.60. The first-order valence-electron chi connectivity index (χ1n) is 8.48. The normalized spacial score (nSPS) is 16.0. The molecule has 0 saturated carbocycles. The molecule has 1 aliphatic heterocycles. The summed E-state index contributed by atoms with van der Waals surface area (Å²) in [5, 5.41) is 0.573. The van der Waals surface area contributed by atoms with Gasteiger partial charge in [-0.15, -0.1) is 0 Å². The highest BCUT2D eigenvalue weighted by molar-refractivity contribution is 7.89. The van der Waals surface area contributed by atoms with Crippen molar-refractivity contribution < 1.29 is 22.4 Å². The first kappa shape index (κ1) is 17.8. The summed E-state index contributed by atoms with van der Waals surface area (Å²) in [6.45, 7) is 2.96. The number of nitrogen functional groups attached to an aromatic ring is 1. The lowest BCUT2D eigenvalue weighted by atomic mass is 10.2. The number of nitrogens with zero attached hydrogens (tertiary/aromatic N) is 2. The van der Waals surface area contributed by atoms with Crippen LogP contribution in [0.3, 0.4) is 0 Å². The van der Waals surface area contributed by atoms with Crippen LogP contribution in [-0.4, -0.2) is 49.5 Å². The average Bonchev–Trinajstić information content (AvgIpc) is 3.27. The van der Waals surface area contributed by atoms with Gasteiger partial charge in [0.2, 0.25) is 5.09 Å². The number of nitrogens with two attached hydrogens (primary N) is 1. The highest BCUT2D eigenvalue weighted by atomic mass is 32.2. The molecule has 1 aromatic carbocycles. The molecule has 0 amide bonds. The molecule has 2 N–H and O–H groups in total. The van der Waals surface area contributed by atoms with Crippen molar-refractivity contribution in [1.29, 1.82) is 0 Å². The van der Waals surface area contributed by atoms with Gasteiger partial charge in [0.25, 0.3) is 15.9 Å². The lowest BCUT2D eigenvalue weighted by molar-refractivity contribution is 0.0722. The number of rotatable bonds is 3. The second-order valence-electron chi connectivity index (χ2n) is 6.35. The van der Waals surface area contributed by atoms with Crippen molar-refractivity contribution in [2.24, 2.45) is 0 Å². The average molecular weight is 389 g/mol. The van der Waals surface area contributed by atoms with Gasteiger partial charge >= 0.3 is 0 Å². The number of aryl methyl sites for hydroxylation is 1.